The fraction of sp³-hybridized carbons (Fsp3) is 0.533. The quantitative estimate of drug-likeness (QED) is 0.849. The minimum atomic E-state index is -0.285. The second kappa shape index (κ2) is 8.82. The molecule has 1 heterocycles. The molecule has 0 amide bonds. The first-order valence-corrected chi connectivity index (χ1v) is 6.90. The second-order valence-corrected chi connectivity index (χ2v) is 4.75. The molecule has 0 atom stereocenters. The van der Waals surface area contributed by atoms with Gasteiger partial charge in [0.15, 0.2) is 0 Å². The smallest absolute Gasteiger partial charge is 0.338 e. The fourth-order valence-electron chi connectivity index (χ4n) is 2.16. The minimum absolute atomic E-state index is 0. The Morgan fingerprint density at radius 1 is 1.25 bits per heavy atom. The van der Waals surface area contributed by atoms with Gasteiger partial charge in [-0.1, -0.05) is 0 Å². The molecule has 1 saturated heterocycles. The minimum Gasteiger partial charge on any atom is -0.493 e. The average Bonchev–Trinajstić information content (AvgIpc) is 2.47. The van der Waals surface area contributed by atoms with Gasteiger partial charge < -0.3 is 14.8 Å². The normalized spacial score (nSPS) is 15.2. The Bertz CT molecular complexity index is 402. The summed E-state index contributed by atoms with van der Waals surface area (Å²) in [5, 5.41) is 3.34. The van der Waals surface area contributed by atoms with E-state index in [9.17, 15) is 4.79 Å². The van der Waals surface area contributed by atoms with Crippen LogP contribution in [0.25, 0.3) is 0 Å². The van der Waals surface area contributed by atoms with Crippen LogP contribution in [0.3, 0.4) is 0 Å². The van der Waals surface area contributed by atoms with Gasteiger partial charge in [-0.2, -0.15) is 0 Å². The Balaban J connectivity index is 0.00000200. The summed E-state index contributed by atoms with van der Waals surface area (Å²) in [7, 11) is 0. The molecule has 1 aromatic carbocycles. The third kappa shape index (κ3) is 5.02. The van der Waals surface area contributed by atoms with E-state index in [1.807, 2.05) is 12.1 Å². The van der Waals surface area contributed by atoms with Crippen molar-refractivity contribution in [3.8, 4) is 5.75 Å². The lowest BCUT2D eigenvalue weighted by Crippen LogP contribution is -2.30. The topological polar surface area (TPSA) is 47.6 Å². The maximum absolute atomic E-state index is 11.5. The number of benzene rings is 1. The first kappa shape index (κ1) is 16.8. The molecule has 0 aromatic heterocycles. The summed E-state index contributed by atoms with van der Waals surface area (Å²) in [4.78, 5) is 11.5. The molecule has 1 fully saturated rings. The zero-order valence-electron chi connectivity index (χ0n) is 11.8. The summed E-state index contributed by atoms with van der Waals surface area (Å²) in [6.45, 7) is 5.10. The van der Waals surface area contributed by atoms with Crippen molar-refractivity contribution < 1.29 is 14.3 Å². The van der Waals surface area contributed by atoms with Crippen LogP contribution in [-0.2, 0) is 4.74 Å². The van der Waals surface area contributed by atoms with Gasteiger partial charge in [0.25, 0.3) is 0 Å². The molecule has 2 rings (SSSR count). The molecule has 0 saturated carbocycles. The zero-order chi connectivity index (χ0) is 13.5. The van der Waals surface area contributed by atoms with Crippen molar-refractivity contribution >= 4 is 18.4 Å². The van der Waals surface area contributed by atoms with Gasteiger partial charge in [-0.3, -0.25) is 0 Å². The van der Waals surface area contributed by atoms with Crippen LogP contribution < -0.4 is 10.1 Å². The van der Waals surface area contributed by atoms with Crippen molar-refractivity contribution in [1.29, 1.82) is 0 Å². The molecule has 0 bridgehead atoms. The lowest BCUT2D eigenvalue weighted by atomic mass is 9.99. The molecule has 0 radical (unpaired) electrons. The van der Waals surface area contributed by atoms with Gasteiger partial charge in [0, 0.05) is 0 Å². The highest BCUT2D eigenvalue weighted by Crippen LogP contribution is 2.17. The number of rotatable bonds is 5. The predicted molar refractivity (Wildman–Crippen MR) is 80.7 cm³/mol. The highest BCUT2D eigenvalue weighted by molar-refractivity contribution is 5.89. The molecule has 1 aliphatic rings. The van der Waals surface area contributed by atoms with Gasteiger partial charge in [0.1, 0.15) is 5.75 Å². The summed E-state index contributed by atoms with van der Waals surface area (Å²) < 4.78 is 10.7. The predicted octanol–water partition coefficient (Wildman–Crippen LogP) is 2.66. The number of halogens is 1. The maximum Gasteiger partial charge on any atom is 0.338 e. The van der Waals surface area contributed by atoms with Crippen molar-refractivity contribution in [2.75, 3.05) is 26.3 Å². The number of hydrogen-bond donors (Lipinski definition) is 1. The van der Waals surface area contributed by atoms with Crippen molar-refractivity contribution in [3.05, 3.63) is 29.8 Å². The number of carbonyl (C=O) groups is 1. The van der Waals surface area contributed by atoms with Crippen LogP contribution >= 0.6 is 12.4 Å². The van der Waals surface area contributed by atoms with Crippen LogP contribution in [0.1, 0.15) is 30.1 Å². The highest BCUT2D eigenvalue weighted by Gasteiger charge is 2.13. The monoisotopic (exact) mass is 299 g/mol. The van der Waals surface area contributed by atoms with Crippen molar-refractivity contribution in [3.63, 3.8) is 0 Å². The van der Waals surface area contributed by atoms with Crippen LogP contribution in [-0.4, -0.2) is 32.3 Å². The molecule has 0 aliphatic carbocycles. The van der Waals surface area contributed by atoms with Gasteiger partial charge in [-0.05, 0) is 63.0 Å². The van der Waals surface area contributed by atoms with Crippen molar-refractivity contribution in [2.45, 2.75) is 19.8 Å². The number of piperidine rings is 1. The van der Waals surface area contributed by atoms with Gasteiger partial charge in [-0.25, -0.2) is 4.79 Å². The molecule has 0 spiro atoms. The van der Waals surface area contributed by atoms with E-state index in [0.717, 1.165) is 25.4 Å². The van der Waals surface area contributed by atoms with E-state index in [0.29, 0.717) is 18.1 Å². The number of nitrogens with one attached hydrogen (secondary N) is 1. The van der Waals surface area contributed by atoms with Crippen LogP contribution in [0, 0.1) is 5.92 Å². The SMILES string of the molecule is CCOC(=O)c1ccc(OCC2CCNCC2)cc1.Cl. The summed E-state index contributed by atoms with van der Waals surface area (Å²) in [5.41, 5.74) is 0.566. The fourth-order valence-corrected chi connectivity index (χ4v) is 2.16. The summed E-state index contributed by atoms with van der Waals surface area (Å²) in [5.74, 6) is 1.16. The molecular weight excluding hydrogens is 278 g/mol. The Hall–Kier alpha value is -1.26. The van der Waals surface area contributed by atoms with E-state index in [-0.39, 0.29) is 18.4 Å². The van der Waals surface area contributed by atoms with Crippen molar-refractivity contribution in [2.24, 2.45) is 5.92 Å². The lowest BCUT2D eigenvalue weighted by molar-refractivity contribution is 0.0526. The first-order chi connectivity index (χ1) is 9.29. The Morgan fingerprint density at radius 3 is 2.50 bits per heavy atom. The van der Waals surface area contributed by atoms with E-state index in [4.69, 9.17) is 9.47 Å². The molecule has 1 aromatic rings. The van der Waals surface area contributed by atoms with Crippen molar-refractivity contribution in [1.82, 2.24) is 5.32 Å². The summed E-state index contributed by atoms with van der Waals surface area (Å²) >= 11 is 0. The Kier molecular flexibility index (Phi) is 7.41. The zero-order valence-corrected chi connectivity index (χ0v) is 12.6. The van der Waals surface area contributed by atoms with E-state index in [1.54, 1.807) is 19.1 Å². The van der Waals surface area contributed by atoms with E-state index in [2.05, 4.69) is 5.32 Å². The Morgan fingerprint density at radius 2 is 1.90 bits per heavy atom. The van der Waals surface area contributed by atoms with E-state index in [1.165, 1.54) is 12.8 Å². The number of ether oxygens (including phenoxy) is 2. The number of carbonyl (C=O) groups excluding carboxylic acids is 1. The van der Waals surface area contributed by atoms with Gasteiger partial charge in [0.05, 0.1) is 18.8 Å². The number of hydrogen-bond acceptors (Lipinski definition) is 4. The molecule has 20 heavy (non-hydrogen) atoms. The first-order valence-electron chi connectivity index (χ1n) is 6.90. The summed E-state index contributed by atoms with van der Waals surface area (Å²) in [6.07, 6.45) is 2.34. The largest absolute Gasteiger partial charge is 0.493 e. The van der Waals surface area contributed by atoms with Crippen LogP contribution in [0.4, 0.5) is 0 Å². The molecular formula is C15H22ClNO3. The molecule has 5 heteroatoms. The average molecular weight is 300 g/mol. The van der Waals surface area contributed by atoms with E-state index >= 15 is 0 Å². The molecule has 4 nitrogen and oxygen atoms in total. The molecule has 0 unspecified atom stereocenters. The van der Waals surface area contributed by atoms with Crippen LogP contribution in [0.15, 0.2) is 24.3 Å². The van der Waals surface area contributed by atoms with Crippen LogP contribution in [0.5, 0.6) is 5.75 Å². The second-order valence-electron chi connectivity index (χ2n) is 4.75. The Labute approximate surface area is 126 Å². The number of esters is 1. The third-order valence-electron chi connectivity index (χ3n) is 3.31. The molecule has 1 aliphatic heterocycles. The third-order valence-corrected chi connectivity index (χ3v) is 3.31. The molecule has 1 N–H and O–H groups in total. The molecule has 112 valence electrons. The highest BCUT2D eigenvalue weighted by atomic mass is 35.5. The standard InChI is InChI=1S/C15H21NO3.ClH/c1-2-18-15(17)13-3-5-14(6-4-13)19-11-12-7-9-16-10-8-12;/h3-6,12,16H,2,7-11H2,1H3;1H. The van der Waals surface area contributed by atoms with Crippen LogP contribution in [0.2, 0.25) is 0 Å². The van der Waals surface area contributed by atoms with Gasteiger partial charge in [-0.15, -0.1) is 12.4 Å². The lowest BCUT2D eigenvalue weighted by Gasteiger charge is -2.22. The maximum atomic E-state index is 11.5. The summed E-state index contributed by atoms with van der Waals surface area (Å²) in [6, 6.07) is 7.15. The van der Waals surface area contributed by atoms with Gasteiger partial charge >= 0.3 is 5.97 Å². The van der Waals surface area contributed by atoms with Gasteiger partial charge in [0.2, 0.25) is 0 Å². The van der Waals surface area contributed by atoms with E-state index < -0.39 is 0 Å².